The summed E-state index contributed by atoms with van der Waals surface area (Å²) in [4.78, 5) is 37.1. The minimum atomic E-state index is -0.544. The monoisotopic (exact) mass is 464 g/mol. The molecular formula is C25H28N4O5. The van der Waals surface area contributed by atoms with Gasteiger partial charge in [-0.2, -0.15) is 0 Å². The first-order chi connectivity index (χ1) is 16.6. The first-order valence-electron chi connectivity index (χ1n) is 11.8. The maximum Gasteiger partial charge on any atom is 0.414 e. The molecule has 2 aliphatic heterocycles. The SMILES string of the molecule is O=C(NC1CCCC1)OC1=NOC2(CCN(C(=O)c3cccnc3Oc3ccccc3)CC2)C1. The number of carbonyl (C=O) groups is 2. The lowest BCUT2D eigenvalue weighted by molar-refractivity contribution is -0.0568. The van der Waals surface area contributed by atoms with Crippen molar-refractivity contribution in [2.75, 3.05) is 13.1 Å². The summed E-state index contributed by atoms with van der Waals surface area (Å²) in [5, 5.41) is 6.91. The molecule has 0 atom stereocenters. The molecular weight excluding hydrogens is 436 g/mol. The number of nitrogens with zero attached hydrogens (tertiary/aromatic N) is 3. The van der Waals surface area contributed by atoms with E-state index >= 15 is 0 Å². The van der Waals surface area contributed by atoms with Crippen LogP contribution in [0.3, 0.4) is 0 Å². The van der Waals surface area contributed by atoms with Gasteiger partial charge in [0.25, 0.3) is 5.91 Å². The summed E-state index contributed by atoms with van der Waals surface area (Å²) in [5.41, 5.74) is -0.128. The number of rotatable bonds is 4. The van der Waals surface area contributed by atoms with Crippen molar-refractivity contribution in [3.63, 3.8) is 0 Å². The molecule has 1 aromatic heterocycles. The molecule has 1 aromatic carbocycles. The molecule has 5 rings (SSSR count). The second-order valence-corrected chi connectivity index (χ2v) is 9.01. The van der Waals surface area contributed by atoms with E-state index in [4.69, 9.17) is 14.3 Å². The van der Waals surface area contributed by atoms with Gasteiger partial charge in [-0.25, -0.2) is 9.78 Å². The molecule has 3 aliphatic rings. The smallest absolute Gasteiger partial charge is 0.414 e. The normalized spacial score (nSPS) is 19.4. The molecule has 178 valence electrons. The Kier molecular flexibility index (Phi) is 6.33. The van der Waals surface area contributed by atoms with Crippen molar-refractivity contribution < 1.29 is 23.9 Å². The average Bonchev–Trinajstić information content (AvgIpc) is 3.50. The molecule has 2 aromatic rings. The van der Waals surface area contributed by atoms with Crippen LogP contribution in [-0.2, 0) is 9.57 Å². The van der Waals surface area contributed by atoms with E-state index in [2.05, 4.69) is 15.5 Å². The predicted molar refractivity (Wildman–Crippen MR) is 124 cm³/mol. The molecule has 0 radical (unpaired) electrons. The second kappa shape index (κ2) is 9.70. The quantitative estimate of drug-likeness (QED) is 0.726. The first kappa shape index (κ1) is 22.2. The van der Waals surface area contributed by atoms with Crippen molar-refractivity contribution in [1.82, 2.24) is 15.2 Å². The van der Waals surface area contributed by atoms with E-state index in [0.29, 0.717) is 49.6 Å². The number of pyridine rings is 1. The largest absolute Gasteiger partial charge is 0.438 e. The number of aromatic nitrogens is 1. The minimum Gasteiger partial charge on any atom is -0.438 e. The van der Waals surface area contributed by atoms with Crippen molar-refractivity contribution in [1.29, 1.82) is 0 Å². The van der Waals surface area contributed by atoms with Gasteiger partial charge in [0.05, 0.1) is 6.42 Å². The Bertz CT molecular complexity index is 1060. The summed E-state index contributed by atoms with van der Waals surface area (Å²) < 4.78 is 11.2. The van der Waals surface area contributed by atoms with Crippen molar-refractivity contribution in [3.8, 4) is 11.6 Å². The van der Waals surface area contributed by atoms with E-state index < -0.39 is 11.7 Å². The molecule has 1 spiro atoms. The fourth-order valence-electron chi connectivity index (χ4n) is 4.71. The standard InChI is InChI=1S/C25H28N4O5/c30-23(20-11-6-14-26-22(20)32-19-9-2-1-3-10-19)29-15-12-25(13-16-29)17-21(28-34-25)33-24(31)27-18-7-4-5-8-18/h1-3,6,9-11,14,18H,4-5,7-8,12-13,15-17H2,(H,27,31). The van der Waals surface area contributed by atoms with Crippen LogP contribution < -0.4 is 10.1 Å². The zero-order chi connectivity index (χ0) is 23.4. The maximum atomic E-state index is 13.2. The molecule has 2 amide bonds. The van der Waals surface area contributed by atoms with Crippen molar-refractivity contribution in [2.24, 2.45) is 5.16 Å². The highest BCUT2D eigenvalue weighted by molar-refractivity contribution is 5.96. The van der Waals surface area contributed by atoms with Crippen LogP contribution in [0, 0.1) is 0 Å². The lowest BCUT2D eigenvalue weighted by Crippen LogP contribution is -2.47. The van der Waals surface area contributed by atoms with E-state index in [1.54, 1.807) is 23.2 Å². The fraction of sp³-hybridized carbons (Fsp3) is 0.440. The number of hydrogen-bond acceptors (Lipinski definition) is 7. The highest BCUT2D eigenvalue weighted by Gasteiger charge is 2.44. The summed E-state index contributed by atoms with van der Waals surface area (Å²) in [6, 6.07) is 12.9. The molecule has 3 heterocycles. The van der Waals surface area contributed by atoms with Gasteiger partial charge >= 0.3 is 6.09 Å². The van der Waals surface area contributed by atoms with Crippen LogP contribution in [0.4, 0.5) is 4.79 Å². The Morgan fingerprint density at radius 2 is 1.82 bits per heavy atom. The van der Waals surface area contributed by atoms with Gasteiger partial charge in [0.2, 0.25) is 11.8 Å². The third kappa shape index (κ3) is 4.98. The summed E-state index contributed by atoms with van der Waals surface area (Å²) in [6.07, 6.45) is 6.97. The van der Waals surface area contributed by atoms with Crippen LogP contribution >= 0.6 is 0 Å². The Morgan fingerprint density at radius 3 is 2.59 bits per heavy atom. The number of ether oxygens (including phenoxy) is 2. The van der Waals surface area contributed by atoms with E-state index in [1.165, 1.54) is 0 Å². The molecule has 9 heteroatoms. The molecule has 2 fully saturated rings. The lowest BCUT2D eigenvalue weighted by atomic mass is 9.88. The number of para-hydroxylation sites is 1. The summed E-state index contributed by atoms with van der Waals surface area (Å²) in [7, 11) is 0. The lowest BCUT2D eigenvalue weighted by Gasteiger charge is -2.37. The molecule has 9 nitrogen and oxygen atoms in total. The van der Waals surface area contributed by atoms with Crippen LogP contribution in [0.25, 0.3) is 0 Å². The Labute approximate surface area is 198 Å². The van der Waals surface area contributed by atoms with Crippen LogP contribution in [0.1, 0.15) is 55.3 Å². The maximum absolute atomic E-state index is 13.2. The number of hydrogen-bond donors (Lipinski definition) is 1. The Balaban J connectivity index is 1.15. The van der Waals surface area contributed by atoms with Crippen molar-refractivity contribution in [3.05, 3.63) is 54.2 Å². The van der Waals surface area contributed by atoms with Crippen LogP contribution in [0.5, 0.6) is 11.6 Å². The van der Waals surface area contributed by atoms with E-state index in [1.807, 2.05) is 30.3 Å². The highest BCUT2D eigenvalue weighted by atomic mass is 16.7. The zero-order valence-corrected chi connectivity index (χ0v) is 18.9. The molecule has 1 saturated heterocycles. The van der Waals surface area contributed by atoms with Gasteiger partial charge in [-0.05, 0) is 37.1 Å². The van der Waals surface area contributed by atoms with Gasteiger partial charge in [0.15, 0.2) is 0 Å². The number of oxime groups is 1. The third-order valence-corrected chi connectivity index (χ3v) is 6.62. The summed E-state index contributed by atoms with van der Waals surface area (Å²) in [5.74, 6) is 1.05. The summed E-state index contributed by atoms with van der Waals surface area (Å²) in [6.45, 7) is 0.991. The van der Waals surface area contributed by atoms with Gasteiger partial charge in [0, 0.05) is 38.2 Å². The average molecular weight is 465 g/mol. The zero-order valence-electron chi connectivity index (χ0n) is 18.9. The Morgan fingerprint density at radius 1 is 1.06 bits per heavy atom. The minimum absolute atomic E-state index is 0.139. The van der Waals surface area contributed by atoms with Crippen LogP contribution in [0.15, 0.2) is 53.8 Å². The number of carbonyl (C=O) groups excluding carboxylic acids is 2. The molecule has 1 saturated carbocycles. The summed E-state index contributed by atoms with van der Waals surface area (Å²) >= 11 is 0. The molecule has 1 aliphatic carbocycles. The molecule has 34 heavy (non-hydrogen) atoms. The van der Waals surface area contributed by atoms with Gasteiger partial charge in [-0.15, -0.1) is 0 Å². The fourth-order valence-corrected chi connectivity index (χ4v) is 4.71. The molecule has 0 unspecified atom stereocenters. The Hall–Kier alpha value is -3.62. The van der Waals surface area contributed by atoms with Crippen LogP contribution in [0.2, 0.25) is 0 Å². The number of benzene rings is 1. The molecule has 1 N–H and O–H groups in total. The van der Waals surface area contributed by atoms with Gasteiger partial charge in [-0.1, -0.05) is 36.2 Å². The number of alkyl carbamates (subject to hydrolysis) is 1. The second-order valence-electron chi connectivity index (χ2n) is 9.01. The van der Waals surface area contributed by atoms with E-state index in [0.717, 1.165) is 25.7 Å². The predicted octanol–water partition coefficient (Wildman–Crippen LogP) is 4.25. The van der Waals surface area contributed by atoms with Crippen LogP contribution in [-0.4, -0.2) is 52.5 Å². The van der Waals surface area contributed by atoms with Gasteiger partial charge < -0.3 is 24.5 Å². The van der Waals surface area contributed by atoms with Crippen molar-refractivity contribution in [2.45, 2.75) is 56.6 Å². The van der Waals surface area contributed by atoms with Gasteiger partial charge in [-0.3, -0.25) is 4.79 Å². The van der Waals surface area contributed by atoms with E-state index in [9.17, 15) is 9.59 Å². The van der Waals surface area contributed by atoms with E-state index in [-0.39, 0.29) is 17.8 Å². The number of likely N-dealkylation sites (tertiary alicyclic amines) is 1. The number of nitrogens with one attached hydrogen (secondary N) is 1. The highest BCUT2D eigenvalue weighted by Crippen LogP contribution is 2.36. The first-order valence-corrected chi connectivity index (χ1v) is 11.8. The topological polar surface area (TPSA) is 102 Å². The third-order valence-electron chi connectivity index (χ3n) is 6.62. The number of amides is 2. The molecule has 0 bridgehead atoms. The van der Waals surface area contributed by atoms with Crippen molar-refractivity contribution >= 4 is 17.9 Å². The van der Waals surface area contributed by atoms with Gasteiger partial charge in [0.1, 0.15) is 16.9 Å². The number of piperidine rings is 1.